The summed E-state index contributed by atoms with van der Waals surface area (Å²) in [5.74, 6) is -1.12. The van der Waals surface area contributed by atoms with Crippen LogP contribution in [0.5, 0.6) is 0 Å². The summed E-state index contributed by atoms with van der Waals surface area (Å²) >= 11 is 0. The average molecular weight is 229 g/mol. The lowest BCUT2D eigenvalue weighted by Gasteiger charge is -2.17. The summed E-state index contributed by atoms with van der Waals surface area (Å²) in [6.07, 6.45) is 0.532. The number of benzene rings is 1. The second-order valence-electron chi connectivity index (χ2n) is 4.52. The van der Waals surface area contributed by atoms with Gasteiger partial charge in [0, 0.05) is 12.6 Å². The van der Waals surface area contributed by atoms with Crippen molar-refractivity contribution in [2.75, 3.05) is 13.1 Å². The second-order valence-corrected chi connectivity index (χ2v) is 4.52. The SMILES string of the molecule is CC(C)(O)CNCCc1cc(F)cc(F)c1. The molecule has 0 atom stereocenters. The van der Waals surface area contributed by atoms with Gasteiger partial charge in [-0.15, -0.1) is 0 Å². The smallest absolute Gasteiger partial charge is 0.126 e. The Kier molecular flexibility index (Phi) is 4.38. The molecule has 90 valence electrons. The number of hydrogen-bond donors (Lipinski definition) is 2. The highest BCUT2D eigenvalue weighted by molar-refractivity contribution is 5.18. The van der Waals surface area contributed by atoms with E-state index in [4.69, 9.17) is 0 Å². The van der Waals surface area contributed by atoms with Gasteiger partial charge < -0.3 is 10.4 Å². The number of aliphatic hydroxyl groups is 1. The van der Waals surface area contributed by atoms with Crippen LogP contribution in [0.2, 0.25) is 0 Å². The van der Waals surface area contributed by atoms with Crippen molar-refractivity contribution in [3.8, 4) is 0 Å². The van der Waals surface area contributed by atoms with Crippen LogP contribution in [0.1, 0.15) is 19.4 Å². The van der Waals surface area contributed by atoms with Crippen LogP contribution in [-0.2, 0) is 6.42 Å². The third kappa shape index (κ3) is 5.19. The Balaban J connectivity index is 2.37. The predicted molar refractivity (Wildman–Crippen MR) is 59.2 cm³/mol. The van der Waals surface area contributed by atoms with Gasteiger partial charge in [-0.2, -0.15) is 0 Å². The Morgan fingerprint density at radius 1 is 1.19 bits per heavy atom. The zero-order valence-corrected chi connectivity index (χ0v) is 9.56. The monoisotopic (exact) mass is 229 g/mol. The van der Waals surface area contributed by atoms with Crippen molar-refractivity contribution in [3.05, 3.63) is 35.4 Å². The van der Waals surface area contributed by atoms with E-state index in [1.165, 1.54) is 12.1 Å². The topological polar surface area (TPSA) is 32.3 Å². The maximum absolute atomic E-state index is 12.8. The molecule has 4 heteroatoms. The van der Waals surface area contributed by atoms with E-state index in [-0.39, 0.29) is 0 Å². The quantitative estimate of drug-likeness (QED) is 0.755. The summed E-state index contributed by atoms with van der Waals surface area (Å²) in [7, 11) is 0. The first-order valence-electron chi connectivity index (χ1n) is 5.25. The molecule has 1 rings (SSSR count). The molecule has 2 N–H and O–H groups in total. The Bertz CT molecular complexity index is 327. The van der Waals surface area contributed by atoms with E-state index in [0.717, 1.165) is 6.07 Å². The predicted octanol–water partition coefficient (Wildman–Crippen LogP) is 1.87. The molecule has 2 nitrogen and oxygen atoms in total. The summed E-state index contributed by atoms with van der Waals surface area (Å²) in [6.45, 7) is 4.42. The zero-order valence-electron chi connectivity index (χ0n) is 9.56. The molecule has 0 amide bonds. The average Bonchev–Trinajstić information content (AvgIpc) is 2.09. The molecule has 0 saturated carbocycles. The van der Waals surface area contributed by atoms with Crippen LogP contribution in [0.15, 0.2) is 18.2 Å². The van der Waals surface area contributed by atoms with Crippen molar-refractivity contribution in [3.63, 3.8) is 0 Å². The number of nitrogens with one attached hydrogen (secondary N) is 1. The fourth-order valence-electron chi connectivity index (χ4n) is 1.38. The minimum Gasteiger partial charge on any atom is -0.389 e. The molecule has 0 bridgehead atoms. The van der Waals surface area contributed by atoms with E-state index in [0.29, 0.717) is 25.1 Å². The van der Waals surface area contributed by atoms with Crippen molar-refractivity contribution in [1.82, 2.24) is 5.32 Å². The highest BCUT2D eigenvalue weighted by Crippen LogP contribution is 2.08. The Labute approximate surface area is 94.3 Å². The lowest BCUT2D eigenvalue weighted by Crippen LogP contribution is -2.35. The second kappa shape index (κ2) is 5.37. The van der Waals surface area contributed by atoms with Crippen molar-refractivity contribution < 1.29 is 13.9 Å². The third-order valence-corrected chi connectivity index (χ3v) is 2.07. The van der Waals surface area contributed by atoms with Crippen LogP contribution in [-0.4, -0.2) is 23.8 Å². The number of halogens is 2. The van der Waals surface area contributed by atoms with Gasteiger partial charge >= 0.3 is 0 Å². The van der Waals surface area contributed by atoms with Gasteiger partial charge in [0.15, 0.2) is 0 Å². The Morgan fingerprint density at radius 2 is 1.75 bits per heavy atom. The molecule has 0 radical (unpaired) electrons. The van der Waals surface area contributed by atoms with E-state index in [9.17, 15) is 13.9 Å². The zero-order chi connectivity index (χ0) is 12.2. The van der Waals surface area contributed by atoms with Gasteiger partial charge in [0.1, 0.15) is 11.6 Å². The fraction of sp³-hybridized carbons (Fsp3) is 0.500. The molecule has 0 saturated heterocycles. The first kappa shape index (κ1) is 13.1. The van der Waals surface area contributed by atoms with Crippen LogP contribution in [0.25, 0.3) is 0 Å². The van der Waals surface area contributed by atoms with E-state index in [2.05, 4.69) is 5.32 Å². The maximum Gasteiger partial charge on any atom is 0.126 e. The van der Waals surface area contributed by atoms with Gasteiger partial charge in [0.05, 0.1) is 5.60 Å². The van der Waals surface area contributed by atoms with E-state index in [1.807, 2.05) is 0 Å². The molecule has 0 aliphatic rings. The first-order chi connectivity index (χ1) is 7.37. The summed E-state index contributed by atoms with van der Waals surface area (Å²) < 4.78 is 25.7. The summed E-state index contributed by atoms with van der Waals surface area (Å²) in [4.78, 5) is 0. The molecule has 16 heavy (non-hydrogen) atoms. The van der Waals surface area contributed by atoms with E-state index >= 15 is 0 Å². The number of hydrogen-bond acceptors (Lipinski definition) is 2. The van der Waals surface area contributed by atoms with Crippen molar-refractivity contribution in [2.24, 2.45) is 0 Å². The van der Waals surface area contributed by atoms with Gasteiger partial charge in [0.25, 0.3) is 0 Å². The van der Waals surface area contributed by atoms with Gasteiger partial charge in [-0.1, -0.05) is 0 Å². The fourth-order valence-corrected chi connectivity index (χ4v) is 1.38. The third-order valence-electron chi connectivity index (χ3n) is 2.07. The normalized spacial score (nSPS) is 11.8. The van der Waals surface area contributed by atoms with Gasteiger partial charge in [-0.3, -0.25) is 0 Å². The van der Waals surface area contributed by atoms with Crippen LogP contribution in [0.3, 0.4) is 0 Å². The molecule has 0 aliphatic carbocycles. The molecule has 0 fully saturated rings. The molecule has 0 heterocycles. The van der Waals surface area contributed by atoms with Crippen LogP contribution in [0.4, 0.5) is 8.78 Å². The minimum atomic E-state index is -0.771. The highest BCUT2D eigenvalue weighted by Gasteiger charge is 2.10. The maximum atomic E-state index is 12.8. The Morgan fingerprint density at radius 3 is 2.25 bits per heavy atom. The van der Waals surface area contributed by atoms with E-state index < -0.39 is 17.2 Å². The lowest BCUT2D eigenvalue weighted by atomic mass is 10.1. The van der Waals surface area contributed by atoms with Crippen molar-refractivity contribution in [2.45, 2.75) is 25.9 Å². The highest BCUT2D eigenvalue weighted by atomic mass is 19.1. The van der Waals surface area contributed by atoms with Crippen LogP contribution >= 0.6 is 0 Å². The molecule has 1 aromatic carbocycles. The van der Waals surface area contributed by atoms with Crippen LogP contribution < -0.4 is 5.32 Å². The molecular weight excluding hydrogens is 212 g/mol. The molecule has 0 aliphatic heterocycles. The standard InChI is InChI=1S/C12H17F2NO/c1-12(2,16)8-15-4-3-9-5-10(13)7-11(14)6-9/h5-7,15-16H,3-4,8H2,1-2H3. The van der Waals surface area contributed by atoms with Gasteiger partial charge in [0.2, 0.25) is 0 Å². The summed E-state index contributed by atoms with van der Waals surface area (Å²) in [6, 6.07) is 3.48. The van der Waals surface area contributed by atoms with Crippen LogP contribution in [0, 0.1) is 11.6 Å². The lowest BCUT2D eigenvalue weighted by molar-refractivity contribution is 0.0801. The number of rotatable bonds is 5. The molecule has 0 spiro atoms. The van der Waals surface area contributed by atoms with Crippen molar-refractivity contribution >= 4 is 0 Å². The van der Waals surface area contributed by atoms with E-state index in [1.54, 1.807) is 13.8 Å². The minimum absolute atomic E-state index is 0.449. The molecule has 1 aromatic rings. The molecular formula is C12H17F2NO. The summed E-state index contributed by atoms with van der Waals surface area (Å²) in [5.41, 5.74) is -0.159. The first-order valence-corrected chi connectivity index (χ1v) is 5.25. The largest absolute Gasteiger partial charge is 0.389 e. The van der Waals surface area contributed by atoms with Gasteiger partial charge in [-0.25, -0.2) is 8.78 Å². The molecule has 0 unspecified atom stereocenters. The summed E-state index contributed by atoms with van der Waals surface area (Å²) in [5, 5.41) is 12.4. The van der Waals surface area contributed by atoms with Crippen molar-refractivity contribution in [1.29, 1.82) is 0 Å². The molecule has 0 aromatic heterocycles. The Hall–Kier alpha value is -1.00. The van der Waals surface area contributed by atoms with Gasteiger partial charge in [-0.05, 0) is 44.5 Å².